The van der Waals surface area contributed by atoms with Crippen molar-refractivity contribution in [1.82, 2.24) is 4.90 Å². The lowest BCUT2D eigenvalue weighted by Crippen LogP contribution is -2.56. The first-order valence-electron chi connectivity index (χ1n) is 11.9. The monoisotopic (exact) mass is 467 g/mol. The maximum Gasteiger partial charge on any atom is 0.229 e. The second-order valence-corrected chi connectivity index (χ2v) is 11.2. The summed E-state index contributed by atoms with van der Waals surface area (Å²) in [6, 6.07) is 16.7. The number of benzene rings is 2. The summed E-state index contributed by atoms with van der Waals surface area (Å²) in [5.74, 6) is 1.72. The highest BCUT2D eigenvalue weighted by atomic mass is 35.5. The summed E-state index contributed by atoms with van der Waals surface area (Å²) in [6.07, 6.45) is 8.32. The zero-order valence-corrected chi connectivity index (χ0v) is 20.2. The summed E-state index contributed by atoms with van der Waals surface area (Å²) in [4.78, 5) is 16.6. The van der Waals surface area contributed by atoms with E-state index in [1.54, 1.807) is 0 Å². The Morgan fingerprint density at radius 2 is 1.69 bits per heavy atom. The second-order valence-electron chi connectivity index (χ2n) is 10.3. The van der Waals surface area contributed by atoms with Crippen LogP contribution in [0.15, 0.2) is 61.2 Å². The van der Waals surface area contributed by atoms with Gasteiger partial charge in [0.2, 0.25) is 5.91 Å². The van der Waals surface area contributed by atoms with Crippen molar-refractivity contribution in [1.29, 1.82) is 0 Å². The predicted molar refractivity (Wildman–Crippen MR) is 132 cm³/mol. The summed E-state index contributed by atoms with van der Waals surface area (Å²) in [6.45, 7) is 6.13. The number of rotatable bonds is 7. The lowest BCUT2D eigenvalue weighted by Gasteiger charge is -2.52. The quantitative estimate of drug-likeness (QED) is 0.379. The van der Waals surface area contributed by atoms with Gasteiger partial charge in [0, 0.05) is 22.0 Å². The van der Waals surface area contributed by atoms with Gasteiger partial charge in [-0.2, -0.15) is 0 Å². The largest absolute Gasteiger partial charge is 0.331 e. The molecule has 3 aliphatic rings. The fraction of sp³-hybridized carbons (Fsp3) is 0.464. The Bertz CT molecular complexity index is 998. The van der Waals surface area contributed by atoms with E-state index in [0.717, 1.165) is 16.5 Å². The zero-order chi connectivity index (χ0) is 22.5. The lowest BCUT2D eigenvalue weighted by molar-refractivity contribution is -0.156. The lowest BCUT2D eigenvalue weighted by atomic mass is 9.66. The molecule has 1 amide bonds. The Balaban J connectivity index is 1.67. The first kappa shape index (κ1) is 22.0. The molecule has 3 fully saturated rings. The van der Waals surface area contributed by atoms with Gasteiger partial charge in [-0.3, -0.25) is 4.79 Å². The van der Waals surface area contributed by atoms with Crippen LogP contribution in [0.25, 0.3) is 0 Å². The molecule has 2 saturated carbocycles. The summed E-state index contributed by atoms with van der Waals surface area (Å²) in [7, 11) is 0. The second kappa shape index (κ2) is 8.54. The van der Waals surface area contributed by atoms with Gasteiger partial charge in [-0.15, -0.1) is 6.58 Å². The van der Waals surface area contributed by atoms with E-state index in [-0.39, 0.29) is 12.0 Å². The predicted octanol–water partition coefficient (Wildman–Crippen LogP) is 7.82. The van der Waals surface area contributed by atoms with Crippen LogP contribution in [0.5, 0.6) is 0 Å². The van der Waals surface area contributed by atoms with Gasteiger partial charge in [0.25, 0.3) is 0 Å². The third kappa shape index (κ3) is 4.13. The number of carbonyl (C=O) groups excluding carboxylic acids is 1. The van der Waals surface area contributed by atoms with Gasteiger partial charge in [0.05, 0.1) is 11.5 Å². The van der Waals surface area contributed by atoms with E-state index in [9.17, 15) is 4.79 Å². The molecule has 32 heavy (non-hydrogen) atoms. The Hall–Kier alpha value is -1.77. The normalized spacial score (nSPS) is 28.2. The third-order valence-electron chi connectivity index (χ3n) is 7.72. The molecule has 4 heteroatoms. The van der Waals surface area contributed by atoms with Gasteiger partial charge in [0.15, 0.2) is 0 Å². The molecule has 3 atom stereocenters. The van der Waals surface area contributed by atoms with Crippen LogP contribution < -0.4 is 0 Å². The molecule has 0 bridgehead atoms. The van der Waals surface area contributed by atoms with Crippen molar-refractivity contribution in [2.24, 2.45) is 17.3 Å². The van der Waals surface area contributed by atoms with Crippen molar-refractivity contribution in [2.45, 2.75) is 63.5 Å². The highest BCUT2D eigenvalue weighted by Crippen LogP contribution is 2.57. The van der Waals surface area contributed by atoms with Crippen molar-refractivity contribution in [3.05, 3.63) is 82.4 Å². The summed E-state index contributed by atoms with van der Waals surface area (Å²) >= 11 is 12.7. The van der Waals surface area contributed by atoms with Crippen LogP contribution in [0.3, 0.4) is 0 Å². The molecule has 168 valence electrons. The first-order chi connectivity index (χ1) is 15.4. The molecule has 2 nitrogen and oxygen atoms in total. The smallest absolute Gasteiger partial charge is 0.229 e. The highest BCUT2D eigenvalue weighted by Gasteiger charge is 2.56. The van der Waals surface area contributed by atoms with Crippen LogP contribution in [0, 0.1) is 17.3 Å². The number of carbonyl (C=O) groups is 1. The molecule has 1 aliphatic heterocycles. The van der Waals surface area contributed by atoms with E-state index >= 15 is 0 Å². The Morgan fingerprint density at radius 3 is 2.25 bits per heavy atom. The fourth-order valence-corrected chi connectivity index (χ4v) is 6.26. The van der Waals surface area contributed by atoms with Crippen LogP contribution in [0.4, 0.5) is 0 Å². The zero-order valence-electron chi connectivity index (χ0n) is 18.6. The average Bonchev–Trinajstić information content (AvgIpc) is 3.68. The number of halogens is 2. The van der Waals surface area contributed by atoms with Gasteiger partial charge in [-0.05, 0) is 85.8 Å². The third-order valence-corrected chi connectivity index (χ3v) is 8.20. The Kier molecular flexibility index (Phi) is 5.88. The maximum atomic E-state index is 14.3. The fourth-order valence-electron chi connectivity index (χ4n) is 5.93. The van der Waals surface area contributed by atoms with E-state index in [1.807, 2.05) is 30.3 Å². The van der Waals surface area contributed by atoms with Crippen LogP contribution in [-0.2, 0) is 4.79 Å². The number of likely N-dealkylation sites (tertiary alicyclic amines) is 1. The summed E-state index contributed by atoms with van der Waals surface area (Å²) in [5, 5.41) is 1.46. The molecule has 2 aromatic carbocycles. The molecule has 1 heterocycles. The molecular formula is C28H31Cl2NO. The molecule has 5 rings (SSSR count). The van der Waals surface area contributed by atoms with Crippen LogP contribution in [-0.4, -0.2) is 16.8 Å². The van der Waals surface area contributed by atoms with Crippen molar-refractivity contribution in [3.8, 4) is 0 Å². The standard InChI is InChI=1S/C28H31Cl2NO/c1-3-15-28(2)17-24(21-5-4-6-23(30)16-21)26(20-11-13-22(29)14-12-20)31(27(28)32)25(18-7-8-18)19-9-10-19/h3-6,11-14,16,18-19,24-26H,1,7-10,15,17H2,2H3. The van der Waals surface area contributed by atoms with Gasteiger partial charge >= 0.3 is 0 Å². The molecule has 1 saturated heterocycles. The molecule has 0 spiro atoms. The summed E-state index contributed by atoms with van der Waals surface area (Å²) < 4.78 is 0. The van der Waals surface area contributed by atoms with E-state index in [2.05, 4.69) is 42.7 Å². The first-order valence-corrected chi connectivity index (χ1v) is 12.6. The van der Waals surface area contributed by atoms with Crippen LogP contribution in [0.1, 0.15) is 68.5 Å². The van der Waals surface area contributed by atoms with Crippen molar-refractivity contribution in [3.63, 3.8) is 0 Å². The topological polar surface area (TPSA) is 20.3 Å². The van der Waals surface area contributed by atoms with Gasteiger partial charge in [0.1, 0.15) is 0 Å². The Labute approximate surface area is 201 Å². The maximum absolute atomic E-state index is 14.3. The number of nitrogens with zero attached hydrogens (tertiary/aromatic N) is 1. The summed E-state index contributed by atoms with van der Waals surface area (Å²) in [5.41, 5.74) is 1.91. The van der Waals surface area contributed by atoms with Crippen molar-refractivity contribution < 1.29 is 4.79 Å². The van der Waals surface area contributed by atoms with E-state index in [0.29, 0.717) is 30.2 Å². The molecule has 0 aromatic heterocycles. The minimum absolute atomic E-state index is 0.0117. The minimum Gasteiger partial charge on any atom is -0.331 e. The number of allylic oxidation sites excluding steroid dienone is 1. The molecule has 3 unspecified atom stereocenters. The van der Waals surface area contributed by atoms with Gasteiger partial charge in [-0.25, -0.2) is 0 Å². The average molecular weight is 468 g/mol. The number of piperidine rings is 1. The molecule has 2 aliphatic carbocycles. The number of hydrogen-bond donors (Lipinski definition) is 0. The number of hydrogen-bond acceptors (Lipinski definition) is 1. The van der Waals surface area contributed by atoms with Gasteiger partial charge < -0.3 is 4.90 Å². The van der Waals surface area contributed by atoms with Crippen LogP contribution >= 0.6 is 23.2 Å². The molecule has 2 aromatic rings. The van der Waals surface area contributed by atoms with E-state index in [1.165, 1.54) is 36.8 Å². The molecule has 0 radical (unpaired) electrons. The van der Waals surface area contributed by atoms with E-state index < -0.39 is 5.41 Å². The molecule has 0 N–H and O–H groups in total. The SMILES string of the molecule is C=CCC1(C)CC(c2cccc(Cl)c2)C(c2ccc(Cl)cc2)N(C(C2CC2)C2CC2)C1=O. The van der Waals surface area contributed by atoms with Crippen LogP contribution in [0.2, 0.25) is 10.0 Å². The minimum atomic E-state index is -0.459. The van der Waals surface area contributed by atoms with Gasteiger partial charge in [-0.1, -0.05) is 60.5 Å². The van der Waals surface area contributed by atoms with Crippen molar-refractivity contribution >= 4 is 29.1 Å². The Morgan fingerprint density at radius 1 is 1.03 bits per heavy atom. The van der Waals surface area contributed by atoms with E-state index in [4.69, 9.17) is 23.2 Å². The molecular weight excluding hydrogens is 437 g/mol. The van der Waals surface area contributed by atoms with Crippen molar-refractivity contribution in [2.75, 3.05) is 0 Å². The number of amides is 1. The highest BCUT2D eigenvalue weighted by molar-refractivity contribution is 6.30.